The number of hydrogen-bond donors (Lipinski definition) is 0. The molecular weight excluding hydrogens is 158 g/mol. The second-order valence-electron chi connectivity index (χ2n) is 4.25. The Morgan fingerprint density at radius 2 is 1.62 bits per heavy atom. The molecule has 0 aliphatic rings. The molecule has 0 fully saturated rings. The molecule has 1 heteroatoms. The topological polar surface area (TPSA) is 12.4 Å². The van der Waals surface area contributed by atoms with Gasteiger partial charge < -0.3 is 0 Å². The van der Waals surface area contributed by atoms with Crippen molar-refractivity contribution in [3.8, 4) is 0 Å². The van der Waals surface area contributed by atoms with Gasteiger partial charge >= 0.3 is 0 Å². The van der Waals surface area contributed by atoms with Gasteiger partial charge in [-0.2, -0.15) is 0 Å². The van der Waals surface area contributed by atoms with Gasteiger partial charge in [0.15, 0.2) is 0 Å². The fourth-order valence-corrected chi connectivity index (χ4v) is 1.46. The van der Waals surface area contributed by atoms with E-state index < -0.39 is 0 Å². The Bertz CT molecular complexity index is 121. The predicted octanol–water partition coefficient (Wildman–Crippen LogP) is 3.93. The van der Waals surface area contributed by atoms with Gasteiger partial charge in [0.05, 0.1) is 0 Å². The molecule has 0 spiro atoms. The number of aliphatic imine (C=N–C) groups is 1. The van der Waals surface area contributed by atoms with E-state index in [1.54, 1.807) is 0 Å². The Labute approximate surface area is 83.6 Å². The Kier molecular flexibility index (Phi) is 8.07. The van der Waals surface area contributed by atoms with Crippen LogP contribution in [0.4, 0.5) is 0 Å². The highest BCUT2D eigenvalue weighted by atomic mass is 14.7. The summed E-state index contributed by atoms with van der Waals surface area (Å²) in [6.07, 6.45) is 7.34. The van der Waals surface area contributed by atoms with Crippen molar-refractivity contribution in [2.75, 3.05) is 6.54 Å². The van der Waals surface area contributed by atoms with Crippen LogP contribution in [0.5, 0.6) is 0 Å². The first-order valence-corrected chi connectivity index (χ1v) is 5.70. The fourth-order valence-electron chi connectivity index (χ4n) is 1.46. The van der Waals surface area contributed by atoms with Gasteiger partial charge in [-0.25, -0.2) is 0 Å². The Morgan fingerprint density at radius 3 is 2.00 bits per heavy atom. The quantitative estimate of drug-likeness (QED) is 0.530. The maximum atomic E-state index is 4.48. The van der Waals surface area contributed by atoms with Crippen LogP contribution in [0.15, 0.2) is 4.99 Å². The summed E-state index contributed by atoms with van der Waals surface area (Å²) < 4.78 is 0. The first-order chi connectivity index (χ1) is 6.20. The van der Waals surface area contributed by atoms with Crippen LogP contribution in [0.2, 0.25) is 0 Å². The van der Waals surface area contributed by atoms with E-state index in [1.807, 2.05) is 0 Å². The van der Waals surface area contributed by atoms with Crippen molar-refractivity contribution in [3.05, 3.63) is 0 Å². The van der Waals surface area contributed by atoms with Gasteiger partial charge in [-0.1, -0.05) is 40.5 Å². The third kappa shape index (κ3) is 8.01. The molecule has 1 nitrogen and oxygen atoms in total. The van der Waals surface area contributed by atoms with Crippen molar-refractivity contribution < 1.29 is 0 Å². The molecule has 0 saturated carbocycles. The molecule has 0 bridgehead atoms. The van der Waals surface area contributed by atoms with Crippen LogP contribution in [-0.2, 0) is 0 Å². The Morgan fingerprint density at radius 1 is 1.08 bits per heavy atom. The molecule has 13 heavy (non-hydrogen) atoms. The molecular formula is C12H25N. The predicted molar refractivity (Wildman–Crippen MR) is 61.5 cm³/mol. The van der Waals surface area contributed by atoms with Crippen LogP contribution in [0, 0.1) is 11.8 Å². The third-order valence-corrected chi connectivity index (χ3v) is 2.11. The lowest BCUT2D eigenvalue weighted by Gasteiger charge is -2.08. The molecule has 0 amide bonds. The van der Waals surface area contributed by atoms with Gasteiger partial charge in [0.2, 0.25) is 0 Å². The molecule has 0 saturated heterocycles. The van der Waals surface area contributed by atoms with E-state index in [1.165, 1.54) is 25.7 Å². The Balaban J connectivity index is 3.71. The highest BCUT2D eigenvalue weighted by molar-refractivity contribution is 5.60. The van der Waals surface area contributed by atoms with Crippen molar-refractivity contribution in [1.82, 2.24) is 0 Å². The molecule has 0 radical (unpaired) electrons. The largest absolute Gasteiger partial charge is 0.297 e. The van der Waals surface area contributed by atoms with E-state index in [4.69, 9.17) is 0 Å². The summed E-state index contributed by atoms with van der Waals surface area (Å²) in [5.74, 6) is 1.42. The highest BCUT2D eigenvalue weighted by Gasteiger charge is 2.02. The average molecular weight is 183 g/mol. The third-order valence-electron chi connectivity index (χ3n) is 2.11. The monoisotopic (exact) mass is 183 g/mol. The van der Waals surface area contributed by atoms with E-state index in [2.05, 4.69) is 38.9 Å². The van der Waals surface area contributed by atoms with E-state index in [0.29, 0.717) is 5.92 Å². The summed E-state index contributed by atoms with van der Waals surface area (Å²) in [6, 6.07) is 0. The molecule has 0 heterocycles. The minimum atomic E-state index is 0.695. The van der Waals surface area contributed by atoms with Gasteiger partial charge in [-0.15, -0.1) is 0 Å². The van der Waals surface area contributed by atoms with Gasteiger partial charge in [-0.3, -0.25) is 4.99 Å². The average Bonchev–Trinajstić information content (AvgIpc) is 2.04. The van der Waals surface area contributed by atoms with Crippen molar-refractivity contribution in [2.45, 2.75) is 53.4 Å². The zero-order valence-corrected chi connectivity index (χ0v) is 9.71. The smallest absolute Gasteiger partial charge is 0.0408 e. The van der Waals surface area contributed by atoms with Crippen LogP contribution in [-0.4, -0.2) is 12.8 Å². The van der Waals surface area contributed by atoms with Crippen molar-refractivity contribution in [1.29, 1.82) is 0 Å². The molecule has 0 aliphatic heterocycles. The van der Waals surface area contributed by atoms with Gasteiger partial charge in [0.25, 0.3) is 0 Å². The van der Waals surface area contributed by atoms with Gasteiger partial charge in [0, 0.05) is 12.8 Å². The van der Waals surface area contributed by atoms with E-state index in [0.717, 1.165) is 12.5 Å². The second kappa shape index (κ2) is 8.28. The van der Waals surface area contributed by atoms with E-state index in [9.17, 15) is 0 Å². The summed E-state index contributed by atoms with van der Waals surface area (Å²) >= 11 is 0. The van der Waals surface area contributed by atoms with Gasteiger partial charge in [-0.05, 0) is 24.7 Å². The minimum absolute atomic E-state index is 0.695. The molecule has 0 unspecified atom stereocenters. The zero-order chi connectivity index (χ0) is 10.1. The summed E-state index contributed by atoms with van der Waals surface area (Å²) in [5.41, 5.74) is 0. The molecule has 78 valence electrons. The van der Waals surface area contributed by atoms with E-state index in [-0.39, 0.29) is 0 Å². The molecule has 0 aromatic rings. The van der Waals surface area contributed by atoms with E-state index >= 15 is 0 Å². The van der Waals surface area contributed by atoms with Crippen LogP contribution >= 0.6 is 0 Å². The van der Waals surface area contributed by atoms with Crippen molar-refractivity contribution in [3.63, 3.8) is 0 Å². The number of hydrogen-bond acceptors (Lipinski definition) is 1. The molecule has 0 rings (SSSR count). The first-order valence-electron chi connectivity index (χ1n) is 5.70. The lowest BCUT2D eigenvalue weighted by atomic mass is 10.00. The summed E-state index contributed by atoms with van der Waals surface area (Å²) in [4.78, 5) is 4.48. The van der Waals surface area contributed by atoms with Crippen LogP contribution in [0.25, 0.3) is 0 Å². The molecule has 0 N–H and O–H groups in total. The molecule has 0 aliphatic carbocycles. The Hall–Kier alpha value is -0.330. The summed E-state index contributed by atoms with van der Waals surface area (Å²) in [7, 11) is 0. The minimum Gasteiger partial charge on any atom is -0.297 e. The van der Waals surface area contributed by atoms with Gasteiger partial charge in [0.1, 0.15) is 0 Å². The molecule has 0 aromatic heterocycles. The number of nitrogens with zero attached hydrogens (tertiary/aromatic N) is 1. The molecule has 0 aromatic carbocycles. The normalized spacial score (nSPS) is 12.2. The fraction of sp³-hybridized carbons (Fsp3) is 0.917. The number of rotatable bonds is 7. The maximum absolute atomic E-state index is 4.48. The zero-order valence-electron chi connectivity index (χ0n) is 9.71. The van der Waals surface area contributed by atoms with Crippen molar-refractivity contribution in [2.24, 2.45) is 16.8 Å². The van der Waals surface area contributed by atoms with Crippen LogP contribution in [0.3, 0.4) is 0 Å². The van der Waals surface area contributed by atoms with Crippen LogP contribution in [0.1, 0.15) is 53.4 Å². The highest BCUT2D eigenvalue weighted by Crippen LogP contribution is 2.10. The summed E-state index contributed by atoms with van der Waals surface area (Å²) in [6.45, 7) is 9.92. The second-order valence-corrected chi connectivity index (χ2v) is 4.25. The first kappa shape index (κ1) is 12.7. The molecule has 0 atom stereocenters. The van der Waals surface area contributed by atoms with Crippen molar-refractivity contribution >= 4 is 6.21 Å². The maximum Gasteiger partial charge on any atom is 0.0408 e. The van der Waals surface area contributed by atoms with Crippen LogP contribution < -0.4 is 0 Å². The lowest BCUT2D eigenvalue weighted by molar-refractivity contribution is 0.563. The lowest BCUT2D eigenvalue weighted by Crippen LogP contribution is -2.03. The SMILES string of the molecule is CCCC(C=NCC(C)C)CCC. The summed E-state index contributed by atoms with van der Waals surface area (Å²) in [5, 5.41) is 0. The standard InChI is InChI=1S/C12H25N/c1-5-7-12(8-6-2)10-13-9-11(3)4/h10-12H,5-9H2,1-4H3.